The van der Waals surface area contributed by atoms with Crippen molar-refractivity contribution in [1.82, 2.24) is 4.72 Å². The number of carbonyl (C=O) groups is 1. The van der Waals surface area contributed by atoms with Gasteiger partial charge in [-0.2, -0.15) is 0 Å². The molecule has 140 valence electrons. The molecule has 2 aromatic rings. The fourth-order valence-electron chi connectivity index (χ4n) is 2.51. The van der Waals surface area contributed by atoms with Crippen LogP contribution in [-0.2, 0) is 14.8 Å². The molecular weight excluding hydrogens is 354 g/mol. The van der Waals surface area contributed by atoms with Crippen molar-refractivity contribution in [3.8, 4) is 0 Å². The zero-order chi connectivity index (χ0) is 19.2. The van der Waals surface area contributed by atoms with Gasteiger partial charge in [-0.05, 0) is 43.8 Å². The summed E-state index contributed by atoms with van der Waals surface area (Å²) in [6.07, 6.45) is 0. The van der Waals surface area contributed by atoms with Crippen LogP contribution in [-0.4, -0.2) is 46.2 Å². The molecule has 3 N–H and O–H groups in total. The molecule has 0 aromatic heterocycles. The van der Waals surface area contributed by atoms with E-state index in [2.05, 4.69) is 10.0 Å². The van der Waals surface area contributed by atoms with E-state index in [-0.39, 0.29) is 24.0 Å². The van der Waals surface area contributed by atoms with Crippen LogP contribution in [0.3, 0.4) is 0 Å². The Morgan fingerprint density at radius 1 is 1.15 bits per heavy atom. The summed E-state index contributed by atoms with van der Waals surface area (Å²) in [6, 6.07) is 14.0. The van der Waals surface area contributed by atoms with Crippen LogP contribution in [0.25, 0.3) is 0 Å². The highest BCUT2D eigenvalue weighted by Gasteiger charge is 2.16. The number of para-hydroxylation sites is 1. The van der Waals surface area contributed by atoms with Gasteiger partial charge in [-0.3, -0.25) is 4.79 Å². The topological polar surface area (TPSA) is 98.7 Å². The van der Waals surface area contributed by atoms with Gasteiger partial charge >= 0.3 is 0 Å². The number of hydrogen-bond donors (Lipinski definition) is 3. The first-order valence-corrected chi connectivity index (χ1v) is 9.60. The number of aliphatic hydroxyl groups excluding tert-OH is 1. The van der Waals surface area contributed by atoms with Crippen LogP contribution < -0.4 is 14.9 Å². The summed E-state index contributed by atoms with van der Waals surface area (Å²) in [5.74, 6) is -0.307. The fourth-order valence-corrected chi connectivity index (χ4v) is 3.50. The van der Waals surface area contributed by atoms with Crippen LogP contribution in [0.2, 0.25) is 0 Å². The van der Waals surface area contributed by atoms with Gasteiger partial charge in [0.05, 0.1) is 18.0 Å². The highest BCUT2D eigenvalue weighted by atomic mass is 32.2. The minimum Gasteiger partial charge on any atom is -0.395 e. The second-order valence-electron chi connectivity index (χ2n) is 5.72. The van der Waals surface area contributed by atoms with Gasteiger partial charge in [0.25, 0.3) is 0 Å². The molecule has 2 rings (SSSR count). The third kappa shape index (κ3) is 5.04. The predicted molar refractivity (Wildman–Crippen MR) is 102 cm³/mol. The molecule has 0 heterocycles. The molecule has 0 radical (unpaired) electrons. The van der Waals surface area contributed by atoms with E-state index in [0.29, 0.717) is 17.8 Å². The average molecular weight is 377 g/mol. The van der Waals surface area contributed by atoms with Crippen molar-refractivity contribution in [3.63, 3.8) is 0 Å². The summed E-state index contributed by atoms with van der Waals surface area (Å²) in [5, 5.41) is 11.9. The Bertz CT molecular complexity index is 854. The summed E-state index contributed by atoms with van der Waals surface area (Å²) < 4.78 is 26.4. The highest BCUT2D eigenvalue weighted by Crippen LogP contribution is 2.20. The van der Waals surface area contributed by atoms with Crippen LogP contribution in [0.5, 0.6) is 0 Å². The second kappa shape index (κ2) is 8.79. The Morgan fingerprint density at radius 2 is 1.85 bits per heavy atom. The molecule has 0 saturated heterocycles. The highest BCUT2D eigenvalue weighted by molar-refractivity contribution is 7.89. The van der Waals surface area contributed by atoms with Crippen molar-refractivity contribution in [2.45, 2.75) is 11.8 Å². The number of anilines is 2. The second-order valence-corrected chi connectivity index (χ2v) is 7.57. The molecule has 0 spiro atoms. The van der Waals surface area contributed by atoms with Crippen molar-refractivity contribution in [3.05, 3.63) is 54.1 Å². The monoisotopic (exact) mass is 377 g/mol. The zero-order valence-electron chi connectivity index (χ0n) is 14.8. The van der Waals surface area contributed by atoms with Crippen molar-refractivity contribution < 1.29 is 18.3 Å². The first kappa shape index (κ1) is 19.9. The van der Waals surface area contributed by atoms with E-state index in [4.69, 9.17) is 0 Å². The lowest BCUT2D eigenvalue weighted by Gasteiger charge is -2.23. The van der Waals surface area contributed by atoms with Gasteiger partial charge in [0, 0.05) is 17.9 Å². The summed E-state index contributed by atoms with van der Waals surface area (Å²) in [4.78, 5) is 14.3. The number of sulfonamides is 1. The van der Waals surface area contributed by atoms with Gasteiger partial charge < -0.3 is 15.3 Å². The Labute approximate surface area is 153 Å². The normalized spacial score (nSPS) is 11.2. The third-order valence-electron chi connectivity index (χ3n) is 3.86. The smallest absolute Gasteiger partial charge is 0.243 e. The molecule has 0 aliphatic carbocycles. The summed E-state index contributed by atoms with van der Waals surface area (Å²) in [5.41, 5.74) is 1.80. The maximum Gasteiger partial charge on any atom is 0.243 e. The molecule has 7 nitrogen and oxygen atoms in total. The van der Waals surface area contributed by atoms with Gasteiger partial charge in [-0.1, -0.05) is 24.3 Å². The molecule has 0 aliphatic rings. The molecular formula is C18H23N3O4S. The molecule has 0 fully saturated rings. The number of nitrogens with one attached hydrogen (secondary N) is 2. The molecule has 0 saturated carbocycles. The molecule has 0 bridgehead atoms. The van der Waals surface area contributed by atoms with Gasteiger partial charge in [0.15, 0.2) is 0 Å². The lowest BCUT2D eigenvalue weighted by atomic mass is 10.2. The third-order valence-corrected chi connectivity index (χ3v) is 5.41. The number of nitrogens with zero attached hydrogens (tertiary/aromatic N) is 1. The first-order chi connectivity index (χ1) is 12.4. The molecule has 1 amide bonds. The Balaban J connectivity index is 2.15. The van der Waals surface area contributed by atoms with Crippen molar-refractivity contribution in [1.29, 1.82) is 0 Å². The minimum atomic E-state index is -3.61. The SMILES string of the molecule is CNS(=O)(=O)c1cc(NC(=O)CN(CCO)c2ccccc2)ccc1C. The quantitative estimate of drug-likeness (QED) is 0.645. The van der Waals surface area contributed by atoms with Crippen LogP contribution >= 0.6 is 0 Å². The van der Waals surface area contributed by atoms with Crippen molar-refractivity contribution >= 4 is 27.3 Å². The van der Waals surface area contributed by atoms with Gasteiger partial charge in [-0.15, -0.1) is 0 Å². The minimum absolute atomic E-state index is 0.0343. The van der Waals surface area contributed by atoms with E-state index in [1.165, 1.54) is 13.1 Å². The number of aliphatic hydroxyl groups is 1. The van der Waals surface area contributed by atoms with Crippen LogP contribution in [0.15, 0.2) is 53.4 Å². The Kier molecular flexibility index (Phi) is 6.73. The number of amides is 1. The summed E-state index contributed by atoms with van der Waals surface area (Å²) >= 11 is 0. The number of aryl methyl sites for hydroxylation is 1. The lowest BCUT2D eigenvalue weighted by Crippen LogP contribution is -2.35. The number of benzene rings is 2. The molecule has 0 unspecified atom stereocenters. The number of carbonyl (C=O) groups excluding carboxylic acids is 1. The Morgan fingerprint density at radius 3 is 2.46 bits per heavy atom. The summed E-state index contributed by atoms with van der Waals surface area (Å²) in [6.45, 7) is 1.95. The predicted octanol–water partition coefficient (Wildman–Crippen LogP) is 1.34. The summed E-state index contributed by atoms with van der Waals surface area (Å²) in [7, 11) is -2.27. The standard InChI is InChI=1S/C18H23N3O4S/c1-14-8-9-15(12-17(14)26(24,25)19-2)20-18(23)13-21(10-11-22)16-6-4-3-5-7-16/h3-9,12,19,22H,10-11,13H2,1-2H3,(H,20,23). The first-order valence-electron chi connectivity index (χ1n) is 8.12. The van der Waals surface area contributed by atoms with Crippen LogP contribution in [0.1, 0.15) is 5.56 Å². The molecule has 0 atom stereocenters. The molecule has 8 heteroatoms. The maximum absolute atomic E-state index is 12.4. The van der Waals surface area contributed by atoms with E-state index in [9.17, 15) is 18.3 Å². The fraction of sp³-hybridized carbons (Fsp3) is 0.278. The van der Waals surface area contributed by atoms with Crippen molar-refractivity contribution in [2.24, 2.45) is 0 Å². The average Bonchev–Trinajstić information content (AvgIpc) is 2.63. The van der Waals surface area contributed by atoms with E-state index in [1.54, 1.807) is 24.0 Å². The van der Waals surface area contributed by atoms with Gasteiger partial charge in [0.2, 0.25) is 15.9 Å². The maximum atomic E-state index is 12.4. The van der Waals surface area contributed by atoms with E-state index in [0.717, 1.165) is 5.69 Å². The van der Waals surface area contributed by atoms with E-state index in [1.807, 2.05) is 30.3 Å². The van der Waals surface area contributed by atoms with E-state index < -0.39 is 10.0 Å². The van der Waals surface area contributed by atoms with E-state index >= 15 is 0 Å². The molecule has 26 heavy (non-hydrogen) atoms. The number of rotatable bonds is 8. The van der Waals surface area contributed by atoms with Crippen LogP contribution in [0.4, 0.5) is 11.4 Å². The number of hydrogen-bond acceptors (Lipinski definition) is 5. The lowest BCUT2D eigenvalue weighted by molar-refractivity contribution is -0.115. The molecule has 0 aliphatic heterocycles. The van der Waals surface area contributed by atoms with Gasteiger partial charge in [0.1, 0.15) is 0 Å². The molecule has 2 aromatic carbocycles. The van der Waals surface area contributed by atoms with Crippen molar-refractivity contribution in [2.75, 3.05) is 37.0 Å². The van der Waals surface area contributed by atoms with Gasteiger partial charge in [-0.25, -0.2) is 13.1 Å². The largest absolute Gasteiger partial charge is 0.395 e. The van der Waals surface area contributed by atoms with Crippen LogP contribution in [0, 0.1) is 6.92 Å². The zero-order valence-corrected chi connectivity index (χ0v) is 15.6. The Hall–Kier alpha value is -2.42.